The van der Waals surface area contributed by atoms with E-state index in [0.717, 1.165) is 31.1 Å². The Morgan fingerprint density at radius 3 is 2.76 bits per heavy atom. The molecule has 5 fully saturated rings. The first-order chi connectivity index (χ1) is 13.8. The van der Waals surface area contributed by atoms with Gasteiger partial charge in [0.05, 0.1) is 25.4 Å². The number of fused-ring (bicyclic) bond motifs is 8. The average Bonchev–Trinajstić information content (AvgIpc) is 3.42. The molecule has 4 heteroatoms. The summed E-state index contributed by atoms with van der Waals surface area (Å²) in [6, 6.07) is 0. The Morgan fingerprint density at radius 2 is 2.00 bits per heavy atom. The topological polar surface area (TPSA) is 59.1 Å². The monoisotopic (exact) mass is 404 g/mol. The van der Waals surface area contributed by atoms with E-state index in [1.807, 2.05) is 0 Å². The summed E-state index contributed by atoms with van der Waals surface area (Å²) in [6.07, 6.45) is 10.7. The lowest BCUT2D eigenvalue weighted by Gasteiger charge is -2.59. The maximum atomic E-state index is 11.7. The van der Waals surface area contributed by atoms with Crippen LogP contribution < -0.4 is 0 Å². The van der Waals surface area contributed by atoms with Crippen molar-refractivity contribution in [3.8, 4) is 0 Å². The van der Waals surface area contributed by atoms with E-state index in [0.29, 0.717) is 47.7 Å². The van der Waals surface area contributed by atoms with Gasteiger partial charge in [0.25, 0.3) is 0 Å². The van der Waals surface area contributed by atoms with Crippen LogP contribution >= 0.6 is 0 Å². The lowest BCUT2D eigenvalue weighted by atomic mass is 9.44. The number of carbonyl (C=O) groups excluding carboxylic acids is 1. The molecule has 5 aliphatic rings. The van der Waals surface area contributed by atoms with Gasteiger partial charge in [-0.2, -0.15) is 0 Å². The Kier molecular flexibility index (Phi) is 4.87. The molecule has 11 atom stereocenters. The zero-order valence-electron chi connectivity index (χ0n) is 18.7. The largest absolute Gasteiger partial charge is 0.469 e. The Balaban J connectivity index is 1.37. The van der Waals surface area contributed by atoms with Crippen molar-refractivity contribution in [2.75, 3.05) is 7.11 Å². The van der Waals surface area contributed by atoms with Crippen molar-refractivity contribution < 1.29 is 19.4 Å². The third-order valence-electron chi connectivity index (χ3n) is 10.7. The average molecular weight is 405 g/mol. The predicted molar refractivity (Wildman–Crippen MR) is 111 cm³/mol. The number of rotatable bonds is 4. The van der Waals surface area contributed by atoms with Gasteiger partial charge >= 0.3 is 5.97 Å². The number of ether oxygens (including phenoxy) is 2. The van der Waals surface area contributed by atoms with E-state index >= 15 is 0 Å². The summed E-state index contributed by atoms with van der Waals surface area (Å²) in [7, 11) is 1.49. The maximum absolute atomic E-state index is 11.7. The van der Waals surface area contributed by atoms with Crippen molar-refractivity contribution in [1.29, 1.82) is 0 Å². The van der Waals surface area contributed by atoms with Crippen molar-refractivity contribution in [3.05, 3.63) is 0 Å². The molecule has 4 nitrogen and oxygen atoms in total. The molecule has 0 amide bonds. The normalized spacial score (nSPS) is 53.8. The van der Waals surface area contributed by atoms with Crippen molar-refractivity contribution in [3.63, 3.8) is 0 Å². The van der Waals surface area contributed by atoms with E-state index in [9.17, 15) is 9.90 Å². The highest BCUT2D eigenvalue weighted by atomic mass is 16.6. The van der Waals surface area contributed by atoms with Crippen LogP contribution in [0.3, 0.4) is 0 Å². The van der Waals surface area contributed by atoms with Crippen molar-refractivity contribution >= 4 is 5.97 Å². The minimum Gasteiger partial charge on any atom is -0.469 e. The Morgan fingerprint density at radius 1 is 1.21 bits per heavy atom. The van der Waals surface area contributed by atoms with E-state index in [2.05, 4.69) is 20.8 Å². The second-order valence-electron chi connectivity index (χ2n) is 11.7. The van der Waals surface area contributed by atoms with E-state index < -0.39 is 0 Å². The van der Waals surface area contributed by atoms with E-state index in [1.165, 1.54) is 39.2 Å². The molecular weight excluding hydrogens is 364 g/mol. The SMILES string of the molecule is COC(=O)CC[C@H](C)[C@@H]1CC[C@@H]2[C@H]3CC[C@H]4C[C@@H](O)CC[C@]4(C)[C@@H]3[C@H]3O[C@H]3[C@]21C. The summed E-state index contributed by atoms with van der Waals surface area (Å²) < 4.78 is 11.5. The molecule has 0 bridgehead atoms. The van der Waals surface area contributed by atoms with Gasteiger partial charge in [-0.3, -0.25) is 4.79 Å². The van der Waals surface area contributed by atoms with Crippen LogP contribution in [0.15, 0.2) is 0 Å². The van der Waals surface area contributed by atoms with Gasteiger partial charge in [-0.15, -0.1) is 0 Å². The molecule has 0 aromatic heterocycles. The van der Waals surface area contributed by atoms with Gasteiger partial charge in [-0.1, -0.05) is 20.8 Å². The molecule has 5 rings (SSSR count). The van der Waals surface area contributed by atoms with Gasteiger partial charge in [0, 0.05) is 11.8 Å². The molecule has 1 heterocycles. The van der Waals surface area contributed by atoms with Gasteiger partial charge in [-0.05, 0) is 92.3 Å². The van der Waals surface area contributed by atoms with Crippen LogP contribution in [0, 0.1) is 46.3 Å². The highest BCUT2D eigenvalue weighted by molar-refractivity contribution is 5.69. The van der Waals surface area contributed by atoms with E-state index in [1.54, 1.807) is 0 Å². The van der Waals surface area contributed by atoms with E-state index in [4.69, 9.17) is 9.47 Å². The first-order valence-electron chi connectivity index (χ1n) is 12.2. The summed E-state index contributed by atoms with van der Waals surface area (Å²) in [5.41, 5.74) is 0.635. The highest BCUT2D eigenvalue weighted by Crippen LogP contribution is 2.73. The molecule has 0 unspecified atom stereocenters. The minimum absolute atomic E-state index is 0.0773. The summed E-state index contributed by atoms with van der Waals surface area (Å²) >= 11 is 0. The van der Waals surface area contributed by atoms with Gasteiger partial charge in [0.2, 0.25) is 0 Å². The lowest BCUT2D eigenvalue weighted by Crippen LogP contribution is -2.57. The molecule has 29 heavy (non-hydrogen) atoms. The van der Waals surface area contributed by atoms with Crippen LogP contribution in [-0.2, 0) is 14.3 Å². The third kappa shape index (κ3) is 2.87. The van der Waals surface area contributed by atoms with Crippen LogP contribution in [0.1, 0.15) is 78.6 Å². The molecule has 0 radical (unpaired) electrons. The molecule has 0 aromatic rings. The molecule has 1 aliphatic heterocycles. The fraction of sp³-hybridized carbons (Fsp3) is 0.960. The molecule has 1 saturated heterocycles. The fourth-order valence-electron chi connectivity index (χ4n) is 9.21. The number of esters is 1. The van der Waals surface area contributed by atoms with Gasteiger partial charge in [0.15, 0.2) is 0 Å². The predicted octanol–water partition coefficient (Wildman–Crippen LogP) is 4.58. The number of hydrogen-bond acceptors (Lipinski definition) is 4. The minimum atomic E-state index is -0.0825. The summed E-state index contributed by atoms with van der Waals surface area (Å²) in [5.74, 6) is 4.06. The Bertz CT molecular complexity index is 663. The van der Waals surface area contributed by atoms with Crippen LogP contribution in [0.25, 0.3) is 0 Å². The van der Waals surface area contributed by atoms with Crippen molar-refractivity contribution in [1.82, 2.24) is 0 Å². The smallest absolute Gasteiger partial charge is 0.305 e. The van der Waals surface area contributed by atoms with Gasteiger partial charge in [0.1, 0.15) is 0 Å². The zero-order chi connectivity index (χ0) is 20.6. The zero-order valence-corrected chi connectivity index (χ0v) is 18.7. The van der Waals surface area contributed by atoms with Crippen LogP contribution in [0.4, 0.5) is 0 Å². The maximum Gasteiger partial charge on any atom is 0.305 e. The number of epoxide rings is 1. The van der Waals surface area contributed by atoms with Crippen LogP contribution in [-0.4, -0.2) is 36.5 Å². The van der Waals surface area contributed by atoms with Gasteiger partial charge < -0.3 is 14.6 Å². The molecule has 0 spiro atoms. The first kappa shape index (κ1) is 20.3. The number of aliphatic hydroxyl groups excluding tert-OH is 1. The first-order valence-corrected chi connectivity index (χ1v) is 12.2. The Labute approximate surface area is 176 Å². The molecule has 4 saturated carbocycles. The highest BCUT2D eigenvalue weighted by Gasteiger charge is 2.73. The number of hydrogen-bond donors (Lipinski definition) is 1. The Hall–Kier alpha value is -0.610. The van der Waals surface area contributed by atoms with Gasteiger partial charge in [-0.25, -0.2) is 0 Å². The van der Waals surface area contributed by atoms with Crippen molar-refractivity contribution in [2.24, 2.45) is 46.3 Å². The van der Waals surface area contributed by atoms with Crippen LogP contribution in [0.2, 0.25) is 0 Å². The standard InChI is InChI=1S/C25H40O4/c1-14(5-10-20(27)28-4)18-8-9-19-17-7-6-15-13-16(26)11-12-24(15,2)21(17)22-23(29-22)25(18,19)3/h14-19,21-23,26H,5-13H2,1-4H3/t14-,15-,16-,17+,18-,19+,21-,22+,23+,24-,25-/m0/s1. The lowest BCUT2D eigenvalue weighted by molar-refractivity contribution is -0.141. The summed E-state index contributed by atoms with van der Waals surface area (Å²) in [4.78, 5) is 11.7. The quantitative estimate of drug-likeness (QED) is 0.550. The molecule has 0 aromatic carbocycles. The number of carbonyl (C=O) groups is 1. The fourth-order valence-corrected chi connectivity index (χ4v) is 9.21. The summed E-state index contributed by atoms with van der Waals surface area (Å²) in [6.45, 7) is 7.42. The molecular formula is C25H40O4. The number of aliphatic hydroxyl groups is 1. The molecule has 164 valence electrons. The third-order valence-corrected chi connectivity index (χ3v) is 10.7. The molecule has 4 aliphatic carbocycles. The second-order valence-corrected chi connectivity index (χ2v) is 11.7. The second kappa shape index (κ2) is 6.95. The van der Waals surface area contributed by atoms with Crippen LogP contribution in [0.5, 0.6) is 0 Å². The number of methoxy groups -OCH3 is 1. The van der Waals surface area contributed by atoms with E-state index in [-0.39, 0.29) is 17.5 Å². The summed E-state index contributed by atoms with van der Waals surface area (Å²) in [5, 5.41) is 10.3. The molecule has 1 N–H and O–H groups in total. The van der Waals surface area contributed by atoms with Crippen molar-refractivity contribution in [2.45, 2.75) is 96.9 Å².